The first-order valence-electron chi connectivity index (χ1n) is 5.96. The van der Waals surface area contributed by atoms with Gasteiger partial charge in [0.15, 0.2) is 0 Å². The van der Waals surface area contributed by atoms with Crippen LogP contribution < -0.4 is 5.73 Å². The first kappa shape index (κ1) is 12.7. The Morgan fingerprint density at radius 2 is 1.88 bits per heavy atom. The Hall–Kier alpha value is -0.750. The maximum Gasteiger partial charge on any atom is 0.327 e. The maximum atomic E-state index is 12.2. The van der Waals surface area contributed by atoms with Crippen LogP contribution in [0.15, 0.2) is 0 Å². The predicted octanol–water partition coefficient (Wildman–Crippen LogP) is 0.490. The van der Waals surface area contributed by atoms with Crippen LogP contribution in [-0.4, -0.2) is 45.6 Å². The smallest absolute Gasteiger partial charge is 0.327 e. The van der Waals surface area contributed by atoms with Crippen molar-refractivity contribution < 1.29 is 14.7 Å². The van der Waals surface area contributed by atoms with Crippen molar-refractivity contribution in [3.05, 3.63) is 0 Å². The lowest BCUT2D eigenvalue weighted by Crippen LogP contribution is -2.45. The minimum atomic E-state index is -0.893. The second kappa shape index (κ2) is 5.27. The van der Waals surface area contributed by atoms with E-state index in [0.29, 0.717) is 11.6 Å². The number of nitrogens with two attached hydrogens (primary N) is 1. The zero-order valence-corrected chi connectivity index (χ0v) is 10.5. The van der Waals surface area contributed by atoms with Gasteiger partial charge in [-0.15, -0.1) is 11.8 Å². The van der Waals surface area contributed by atoms with Gasteiger partial charge in [0.2, 0.25) is 5.91 Å². The summed E-state index contributed by atoms with van der Waals surface area (Å²) in [5.41, 5.74) is 5.80. The van der Waals surface area contributed by atoms with Crippen LogP contribution in [0, 0.1) is 5.92 Å². The molecular formula is C11H18N2O3S. The Labute approximate surface area is 105 Å². The molecule has 5 nitrogen and oxygen atoms in total. The first-order valence-corrected chi connectivity index (χ1v) is 7.11. The highest BCUT2D eigenvalue weighted by Gasteiger charge is 2.38. The fourth-order valence-corrected chi connectivity index (χ4v) is 3.62. The third kappa shape index (κ3) is 2.74. The summed E-state index contributed by atoms with van der Waals surface area (Å²) < 4.78 is 0. The van der Waals surface area contributed by atoms with Gasteiger partial charge in [0.25, 0.3) is 0 Å². The van der Waals surface area contributed by atoms with E-state index in [4.69, 9.17) is 10.8 Å². The first-order chi connectivity index (χ1) is 8.09. The molecule has 1 amide bonds. The molecule has 2 fully saturated rings. The van der Waals surface area contributed by atoms with Gasteiger partial charge >= 0.3 is 5.97 Å². The second-order valence-electron chi connectivity index (χ2n) is 4.77. The van der Waals surface area contributed by atoms with Gasteiger partial charge in [0.05, 0.1) is 5.88 Å². The number of carboxylic acids is 1. The zero-order chi connectivity index (χ0) is 12.4. The highest BCUT2D eigenvalue weighted by molar-refractivity contribution is 7.99. The second-order valence-corrected chi connectivity index (χ2v) is 5.77. The van der Waals surface area contributed by atoms with Crippen LogP contribution in [0.25, 0.3) is 0 Å². The van der Waals surface area contributed by atoms with Crippen molar-refractivity contribution in [1.29, 1.82) is 0 Å². The van der Waals surface area contributed by atoms with Crippen molar-refractivity contribution in [3.63, 3.8) is 0 Å². The van der Waals surface area contributed by atoms with Crippen LogP contribution in [0.3, 0.4) is 0 Å². The molecule has 0 spiro atoms. The molecule has 6 heteroatoms. The third-order valence-corrected chi connectivity index (χ3v) is 4.58. The van der Waals surface area contributed by atoms with Gasteiger partial charge in [-0.05, 0) is 25.7 Å². The molecule has 1 aliphatic heterocycles. The third-order valence-electron chi connectivity index (χ3n) is 3.57. The Balaban J connectivity index is 1.97. The largest absolute Gasteiger partial charge is 0.480 e. The minimum Gasteiger partial charge on any atom is -0.480 e. The van der Waals surface area contributed by atoms with Crippen LogP contribution in [0.2, 0.25) is 0 Å². The predicted molar refractivity (Wildman–Crippen MR) is 65.5 cm³/mol. The maximum absolute atomic E-state index is 12.2. The molecule has 0 radical (unpaired) electrons. The number of carbonyl (C=O) groups is 2. The number of hydrogen-bond acceptors (Lipinski definition) is 4. The number of carboxylic acid groups (broad SMARTS) is 1. The molecule has 0 aromatic carbocycles. The van der Waals surface area contributed by atoms with E-state index in [1.165, 1.54) is 16.7 Å². The lowest BCUT2D eigenvalue weighted by Gasteiger charge is -2.30. The van der Waals surface area contributed by atoms with Crippen molar-refractivity contribution in [2.75, 3.05) is 11.6 Å². The Morgan fingerprint density at radius 1 is 1.24 bits per heavy atom. The van der Waals surface area contributed by atoms with Crippen molar-refractivity contribution in [2.45, 2.75) is 37.8 Å². The summed E-state index contributed by atoms with van der Waals surface area (Å²) in [7, 11) is 0. The molecule has 96 valence electrons. The summed E-state index contributed by atoms with van der Waals surface area (Å²) in [5.74, 6) is 0.117. The molecule has 17 heavy (non-hydrogen) atoms. The average Bonchev–Trinajstić information content (AvgIpc) is 2.78. The normalized spacial score (nSPS) is 33.7. The zero-order valence-electron chi connectivity index (χ0n) is 9.67. The van der Waals surface area contributed by atoms with E-state index in [-0.39, 0.29) is 17.9 Å². The van der Waals surface area contributed by atoms with E-state index in [2.05, 4.69) is 0 Å². The van der Waals surface area contributed by atoms with Crippen molar-refractivity contribution in [1.82, 2.24) is 4.90 Å². The number of rotatable bonds is 2. The van der Waals surface area contributed by atoms with Gasteiger partial charge in [0.1, 0.15) is 6.04 Å². The average molecular weight is 258 g/mol. The summed E-state index contributed by atoms with van der Waals surface area (Å²) in [6, 6.07) is -0.426. The molecule has 0 aromatic rings. The molecule has 3 N–H and O–H groups in total. The number of hydrogen-bond donors (Lipinski definition) is 2. The van der Waals surface area contributed by atoms with Gasteiger partial charge in [-0.25, -0.2) is 4.79 Å². The van der Waals surface area contributed by atoms with E-state index in [1.807, 2.05) is 0 Å². The number of thioether (sulfide) groups is 1. The van der Waals surface area contributed by atoms with Crippen molar-refractivity contribution >= 4 is 23.6 Å². The molecule has 1 atom stereocenters. The van der Waals surface area contributed by atoms with Gasteiger partial charge in [0, 0.05) is 17.7 Å². The number of carbonyl (C=O) groups excluding carboxylic acids is 1. The highest BCUT2D eigenvalue weighted by Crippen LogP contribution is 2.29. The Bertz CT molecular complexity index is 316. The van der Waals surface area contributed by atoms with Crippen LogP contribution in [0.5, 0.6) is 0 Å². The fraction of sp³-hybridized carbons (Fsp3) is 0.818. The summed E-state index contributed by atoms with van der Waals surface area (Å²) in [5, 5.41) is 9.05. The minimum absolute atomic E-state index is 0.00861. The van der Waals surface area contributed by atoms with E-state index >= 15 is 0 Å². The monoisotopic (exact) mass is 258 g/mol. The van der Waals surface area contributed by atoms with E-state index in [0.717, 1.165) is 25.7 Å². The molecule has 1 unspecified atom stereocenters. The molecular weight excluding hydrogens is 240 g/mol. The Kier molecular flexibility index (Phi) is 3.93. The lowest BCUT2D eigenvalue weighted by atomic mass is 9.85. The van der Waals surface area contributed by atoms with Crippen LogP contribution >= 0.6 is 11.8 Å². The van der Waals surface area contributed by atoms with Crippen LogP contribution in [0.1, 0.15) is 25.7 Å². The summed E-state index contributed by atoms with van der Waals surface area (Å²) in [4.78, 5) is 24.8. The molecule has 1 saturated carbocycles. The molecule has 2 aliphatic rings. The van der Waals surface area contributed by atoms with E-state index in [9.17, 15) is 9.59 Å². The number of aliphatic carboxylic acids is 1. The summed E-state index contributed by atoms with van der Waals surface area (Å²) in [6.45, 7) is 0. The SMILES string of the molecule is NC1CCC(C(=O)N2CSCC2C(=O)O)CC1. The summed E-state index contributed by atoms with van der Waals surface area (Å²) in [6.07, 6.45) is 3.34. The number of nitrogens with zero attached hydrogens (tertiary/aromatic N) is 1. The van der Waals surface area contributed by atoms with Gasteiger partial charge in [-0.2, -0.15) is 0 Å². The molecule has 0 bridgehead atoms. The van der Waals surface area contributed by atoms with Crippen LogP contribution in [0.4, 0.5) is 0 Å². The Morgan fingerprint density at radius 3 is 2.47 bits per heavy atom. The molecule has 2 rings (SSSR count). The molecule has 1 aliphatic carbocycles. The highest BCUT2D eigenvalue weighted by atomic mass is 32.2. The molecule has 1 heterocycles. The van der Waals surface area contributed by atoms with E-state index in [1.54, 1.807) is 0 Å². The topological polar surface area (TPSA) is 83.6 Å². The van der Waals surface area contributed by atoms with Crippen molar-refractivity contribution in [2.24, 2.45) is 11.7 Å². The van der Waals surface area contributed by atoms with Gasteiger partial charge in [-0.3, -0.25) is 4.79 Å². The van der Waals surface area contributed by atoms with Crippen LogP contribution in [-0.2, 0) is 9.59 Å². The summed E-state index contributed by atoms with van der Waals surface area (Å²) >= 11 is 1.51. The standard InChI is InChI=1S/C11H18N2O3S/c12-8-3-1-7(2-4-8)10(14)13-6-17-5-9(13)11(15)16/h7-9H,1-6,12H2,(H,15,16). The number of amides is 1. The molecule has 1 saturated heterocycles. The van der Waals surface area contributed by atoms with E-state index < -0.39 is 12.0 Å². The lowest BCUT2D eigenvalue weighted by molar-refractivity contribution is -0.149. The van der Waals surface area contributed by atoms with Crippen molar-refractivity contribution in [3.8, 4) is 0 Å². The molecule has 0 aromatic heterocycles. The van der Waals surface area contributed by atoms with Gasteiger partial charge < -0.3 is 15.7 Å². The quantitative estimate of drug-likeness (QED) is 0.753. The fourth-order valence-electron chi connectivity index (χ4n) is 2.47. The van der Waals surface area contributed by atoms with Gasteiger partial charge in [-0.1, -0.05) is 0 Å².